The number of carboxylic acids is 1. The Morgan fingerprint density at radius 3 is 2.65 bits per heavy atom. The van der Waals surface area contributed by atoms with E-state index in [-0.39, 0.29) is 25.1 Å². The van der Waals surface area contributed by atoms with Crippen molar-refractivity contribution in [1.82, 2.24) is 0 Å². The molecule has 0 aromatic heterocycles. The maximum atomic E-state index is 13.7. The van der Waals surface area contributed by atoms with E-state index in [4.69, 9.17) is 10.5 Å². The maximum absolute atomic E-state index is 13.7. The number of hydrogen-bond acceptors (Lipinski definition) is 3. The van der Waals surface area contributed by atoms with Crippen molar-refractivity contribution in [3.63, 3.8) is 0 Å². The van der Waals surface area contributed by atoms with Gasteiger partial charge in [-0.2, -0.15) is 0 Å². The zero-order chi connectivity index (χ0) is 12.9. The smallest absolute Gasteiger partial charge is 0.315 e. The summed E-state index contributed by atoms with van der Waals surface area (Å²) >= 11 is 0. The van der Waals surface area contributed by atoms with Crippen LogP contribution in [0.4, 0.5) is 4.39 Å². The fourth-order valence-electron chi connectivity index (χ4n) is 1.78. The third-order valence-corrected chi connectivity index (χ3v) is 2.88. The highest BCUT2D eigenvalue weighted by atomic mass is 19.1. The summed E-state index contributed by atoms with van der Waals surface area (Å²) in [4.78, 5) is 11.4. The predicted molar refractivity (Wildman–Crippen MR) is 61.3 cm³/mol. The first kappa shape index (κ1) is 13.6. The third-order valence-electron chi connectivity index (χ3n) is 2.88. The van der Waals surface area contributed by atoms with Crippen LogP contribution in [0.5, 0.6) is 0 Å². The first-order chi connectivity index (χ1) is 8.08. The van der Waals surface area contributed by atoms with Crippen LogP contribution in [0, 0.1) is 5.82 Å². The van der Waals surface area contributed by atoms with Gasteiger partial charge in [0.2, 0.25) is 0 Å². The molecule has 0 fully saturated rings. The first-order valence-electron chi connectivity index (χ1n) is 5.26. The largest absolute Gasteiger partial charge is 0.481 e. The molecule has 17 heavy (non-hydrogen) atoms. The molecule has 0 bridgehead atoms. The minimum Gasteiger partial charge on any atom is -0.481 e. The van der Waals surface area contributed by atoms with Gasteiger partial charge in [-0.3, -0.25) is 4.79 Å². The molecular weight excluding hydrogens is 225 g/mol. The van der Waals surface area contributed by atoms with E-state index in [1.165, 1.54) is 25.3 Å². The van der Waals surface area contributed by atoms with Crippen LogP contribution in [0.2, 0.25) is 0 Å². The third kappa shape index (κ3) is 2.62. The summed E-state index contributed by atoms with van der Waals surface area (Å²) in [5.41, 5.74) is 4.22. The molecule has 0 heterocycles. The SMILES string of the molecule is COCCC(CN)(C(=O)O)c1ccccc1F. The molecule has 1 rings (SSSR count). The van der Waals surface area contributed by atoms with Gasteiger partial charge in [-0.05, 0) is 12.5 Å². The Kier molecular flexibility index (Phi) is 4.60. The van der Waals surface area contributed by atoms with Crippen molar-refractivity contribution in [1.29, 1.82) is 0 Å². The number of nitrogens with two attached hydrogens (primary N) is 1. The van der Waals surface area contributed by atoms with E-state index >= 15 is 0 Å². The Labute approximate surface area is 99.2 Å². The van der Waals surface area contributed by atoms with Crippen LogP contribution < -0.4 is 5.73 Å². The van der Waals surface area contributed by atoms with E-state index in [1.54, 1.807) is 6.07 Å². The van der Waals surface area contributed by atoms with Crippen LogP contribution >= 0.6 is 0 Å². The van der Waals surface area contributed by atoms with E-state index < -0.39 is 17.2 Å². The van der Waals surface area contributed by atoms with Crippen LogP contribution in [0.3, 0.4) is 0 Å². The number of ether oxygens (including phenoxy) is 1. The zero-order valence-corrected chi connectivity index (χ0v) is 9.65. The monoisotopic (exact) mass is 241 g/mol. The van der Waals surface area contributed by atoms with Gasteiger partial charge in [-0.25, -0.2) is 4.39 Å². The minimum atomic E-state index is -1.43. The van der Waals surface area contributed by atoms with Crippen LogP contribution in [-0.2, 0) is 14.9 Å². The number of halogens is 1. The van der Waals surface area contributed by atoms with Gasteiger partial charge in [-0.1, -0.05) is 18.2 Å². The number of methoxy groups -OCH3 is 1. The van der Waals surface area contributed by atoms with Crippen molar-refractivity contribution in [3.8, 4) is 0 Å². The number of aliphatic carboxylic acids is 1. The number of benzene rings is 1. The lowest BCUT2D eigenvalue weighted by Gasteiger charge is -2.28. The van der Waals surface area contributed by atoms with E-state index in [9.17, 15) is 14.3 Å². The Morgan fingerprint density at radius 1 is 1.53 bits per heavy atom. The van der Waals surface area contributed by atoms with E-state index in [1.807, 2.05) is 0 Å². The van der Waals surface area contributed by atoms with Gasteiger partial charge in [0.05, 0.1) is 0 Å². The van der Waals surface area contributed by atoms with E-state index in [0.29, 0.717) is 0 Å². The lowest BCUT2D eigenvalue weighted by Crippen LogP contribution is -2.44. The summed E-state index contributed by atoms with van der Waals surface area (Å²) in [5, 5.41) is 9.33. The molecule has 0 aliphatic heterocycles. The standard InChI is InChI=1S/C12H16FNO3/c1-17-7-6-12(8-14,11(15)16)9-4-2-3-5-10(9)13/h2-5H,6-8,14H2,1H3,(H,15,16). The van der Waals surface area contributed by atoms with Crippen molar-refractivity contribution in [2.45, 2.75) is 11.8 Å². The molecule has 5 heteroatoms. The van der Waals surface area contributed by atoms with Crippen LogP contribution in [0.25, 0.3) is 0 Å². The van der Waals surface area contributed by atoms with Crippen molar-refractivity contribution in [2.75, 3.05) is 20.3 Å². The van der Waals surface area contributed by atoms with Gasteiger partial charge >= 0.3 is 5.97 Å². The molecule has 1 unspecified atom stereocenters. The Balaban J connectivity index is 3.22. The summed E-state index contributed by atoms with van der Waals surface area (Å²) in [6, 6.07) is 5.79. The molecular formula is C12H16FNO3. The Morgan fingerprint density at radius 2 is 2.18 bits per heavy atom. The topological polar surface area (TPSA) is 72.5 Å². The highest BCUT2D eigenvalue weighted by Gasteiger charge is 2.40. The molecule has 1 aromatic carbocycles. The molecule has 1 atom stereocenters. The summed E-state index contributed by atoms with van der Waals surface area (Å²) in [6.07, 6.45) is 0.135. The van der Waals surface area contributed by atoms with Crippen molar-refractivity contribution in [3.05, 3.63) is 35.6 Å². The number of hydrogen-bond donors (Lipinski definition) is 2. The molecule has 0 spiro atoms. The van der Waals surface area contributed by atoms with Gasteiger partial charge in [0.15, 0.2) is 0 Å². The quantitative estimate of drug-likeness (QED) is 0.783. The second-order valence-electron chi connectivity index (χ2n) is 3.81. The number of carbonyl (C=O) groups is 1. The number of carboxylic acid groups (broad SMARTS) is 1. The average Bonchev–Trinajstić information content (AvgIpc) is 2.32. The molecule has 0 saturated heterocycles. The fourth-order valence-corrected chi connectivity index (χ4v) is 1.78. The Hall–Kier alpha value is -1.46. The second-order valence-corrected chi connectivity index (χ2v) is 3.81. The highest BCUT2D eigenvalue weighted by Crippen LogP contribution is 2.29. The minimum absolute atomic E-state index is 0.104. The van der Waals surface area contributed by atoms with Gasteiger partial charge in [0, 0.05) is 25.8 Å². The van der Waals surface area contributed by atoms with Crippen LogP contribution in [0.1, 0.15) is 12.0 Å². The van der Waals surface area contributed by atoms with Crippen LogP contribution in [0.15, 0.2) is 24.3 Å². The average molecular weight is 241 g/mol. The van der Waals surface area contributed by atoms with Crippen LogP contribution in [-0.4, -0.2) is 31.3 Å². The molecule has 1 aromatic rings. The molecule has 0 saturated carbocycles. The van der Waals surface area contributed by atoms with Gasteiger partial charge in [0.1, 0.15) is 11.2 Å². The summed E-state index contributed by atoms with van der Waals surface area (Å²) < 4.78 is 18.6. The predicted octanol–water partition coefficient (Wildman–Crippen LogP) is 1.14. The summed E-state index contributed by atoms with van der Waals surface area (Å²) in [6.45, 7) is 0.0322. The zero-order valence-electron chi connectivity index (χ0n) is 9.65. The molecule has 0 aliphatic carbocycles. The van der Waals surface area contributed by atoms with Gasteiger partial charge in [0.25, 0.3) is 0 Å². The second kappa shape index (κ2) is 5.75. The van der Waals surface area contributed by atoms with Gasteiger partial charge in [-0.15, -0.1) is 0 Å². The highest BCUT2D eigenvalue weighted by molar-refractivity contribution is 5.81. The summed E-state index contributed by atoms with van der Waals surface area (Å²) in [5.74, 6) is -1.70. The maximum Gasteiger partial charge on any atom is 0.315 e. The van der Waals surface area contributed by atoms with Crippen molar-refractivity contribution in [2.24, 2.45) is 5.73 Å². The van der Waals surface area contributed by atoms with Crippen molar-refractivity contribution >= 4 is 5.97 Å². The van der Waals surface area contributed by atoms with E-state index in [0.717, 1.165) is 0 Å². The molecule has 0 radical (unpaired) electrons. The molecule has 0 aliphatic rings. The normalized spacial score (nSPS) is 14.3. The first-order valence-corrected chi connectivity index (χ1v) is 5.26. The molecule has 94 valence electrons. The fraction of sp³-hybridized carbons (Fsp3) is 0.417. The van der Waals surface area contributed by atoms with E-state index in [2.05, 4.69) is 0 Å². The number of rotatable bonds is 6. The molecule has 0 amide bonds. The lowest BCUT2D eigenvalue weighted by molar-refractivity contribution is -0.144. The van der Waals surface area contributed by atoms with Crippen molar-refractivity contribution < 1.29 is 19.0 Å². The summed E-state index contributed by atoms with van der Waals surface area (Å²) in [7, 11) is 1.46. The Bertz CT molecular complexity index is 397. The lowest BCUT2D eigenvalue weighted by atomic mass is 9.77. The molecule has 4 nitrogen and oxygen atoms in total. The molecule has 3 N–H and O–H groups in total. The van der Waals surface area contributed by atoms with Gasteiger partial charge < -0.3 is 15.6 Å².